The van der Waals surface area contributed by atoms with Gasteiger partial charge in [-0.2, -0.15) is 0 Å². The van der Waals surface area contributed by atoms with E-state index in [0.29, 0.717) is 4.47 Å². The molecule has 1 aromatic carbocycles. The van der Waals surface area contributed by atoms with Crippen LogP contribution in [0, 0.1) is 10.1 Å². The van der Waals surface area contributed by atoms with Crippen molar-refractivity contribution in [2.24, 2.45) is 0 Å². The van der Waals surface area contributed by atoms with Crippen molar-refractivity contribution in [3.63, 3.8) is 0 Å². The minimum atomic E-state index is -1.69. The third kappa shape index (κ3) is 2.27. The molecule has 0 fully saturated rings. The number of nitro benzene ring substituents is 1. The van der Waals surface area contributed by atoms with Gasteiger partial charge in [0.1, 0.15) is 0 Å². The van der Waals surface area contributed by atoms with E-state index in [1.807, 2.05) is 0 Å². The molecule has 68 valence electrons. The molecule has 1 rings (SSSR count). The maximum atomic E-state index is 10.4. The van der Waals surface area contributed by atoms with Gasteiger partial charge in [-0.05, 0) is 27.5 Å². The minimum absolute atomic E-state index is 0.0925. The van der Waals surface area contributed by atoms with Crippen LogP contribution < -0.4 is 5.46 Å². The number of benzene rings is 1. The van der Waals surface area contributed by atoms with Crippen LogP contribution in [0.2, 0.25) is 0 Å². The molecule has 13 heavy (non-hydrogen) atoms. The molecule has 0 aliphatic carbocycles. The quantitative estimate of drug-likeness (QED) is 0.438. The zero-order valence-corrected chi connectivity index (χ0v) is 7.93. The van der Waals surface area contributed by atoms with Crippen molar-refractivity contribution >= 4 is 34.2 Å². The van der Waals surface area contributed by atoms with Crippen LogP contribution in [0.1, 0.15) is 0 Å². The first-order chi connectivity index (χ1) is 6.02. The Balaban J connectivity index is 3.19. The summed E-state index contributed by atoms with van der Waals surface area (Å²) in [5.41, 5.74) is -0.0968. The van der Waals surface area contributed by atoms with E-state index in [1.165, 1.54) is 12.1 Å². The van der Waals surface area contributed by atoms with Gasteiger partial charge in [0.2, 0.25) is 0 Å². The van der Waals surface area contributed by atoms with E-state index in [-0.39, 0.29) is 11.2 Å². The predicted octanol–water partition coefficient (Wildman–Crippen LogP) is 0.0371. The molecule has 0 spiro atoms. The summed E-state index contributed by atoms with van der Waals surface area (Å²) in [6.45, 7) is 0. The Morgan fingerprint density at radius 3 is 2.54 bits per heavy atom. The summed E-state index contributed by atoms with van der Waals surface area (Å²) in [7, 11) is -1.69. The molecular weight excluding hydrogens is 241 g/mol. The lowest BCUT2D eigenvalue weighted by Gasteiger charge is -1.99. The van der Waals surface area contributed by atoms with Crippen LogP contribution >= 0.6 is 15.9 Å². The SMILES string of the molecule is O=[N+]([O-])c1cc(B(O)O)ccc1Br. The molecule has 0 radical (unpaired) electrons. The van der Waals surface area contributed by atoms with Gasteiger partial charge in [0, 0.05) is 6.07 Å². The van der Waals surface area contributed by atoms with Crippen molar-refractivity contribution in [3.05, 3.63) is 32.8 Å². The molecule has 0 amide bonds. The molecule has 2 N–H and O–H groups in total. The highest BCUT2D eigenvalue weighted by atomic mass is 79.9. The second-order valence-electron chi connectivity index (χ2n) is 2.34. The van der Waals surface area contributed by atoms with Crippen molar-refractivity contribution in [2.75, 3.05) is 0 Å². The lowest BCUT2D eigenvalue weighted by molar-refractivity contribution is -0.385. The van der Waals surface area contributed by atoms with E-state index in [2.05, 4.69) is 15.9 Å². The molecule has 0 saturated carbocycles. The van der Waals surface area contributed by atoms with Crippen LogP contribution in [-0.2, 0) is 0 Å². The molecule has 0 heterocycles. The topological polar surface area (TPSA) is 83.6 Å². The van der Waals surface area contributed by atoms with Gasteiger partial charge in [-0.1, -0.05) is 6.07 Å². The molecule has 7 heteroatoms. The summed E-state index contributed by atoms with van der Waals surface area (Å²) >= 11 is 2.98. The summed E-state index contributed by atoms with van der Waals surface area (Å²) in [6, 6.07) is 3.89. The molecule has 0 saturated heterocycles. The van der Waals surface area contributed by atoms with Gasteiger partial charge in [0.15, 0.2) is 0 Å². The first kappa shape index (κ1) is 10.2. The Bertz CT molecular complexity index is 343. The fourth-order valence-electron chi connectivity index (χ4n) is 0.830. The molecule has 0 unspecified atom stereocenters. The van der Waals surface area contributed by atoms with Crippen LogP contribution in [0.25, 0.3) is 0 Å². The molecule has 0 aliphatic heterocycles. The van der Waals surface area contributed by atoms with Crippen LogP contribution in [0.3, 0.4) is 0 Å². The van der Waals surface area contributed by atoms with Crippen molar-refractivity contribution in [3.8, 4) is 0 Å². The lowest BCUT2D eigenvalue weighted by atomic mass is 9.80. The molecule has 1 aromatic rings. The molecule has 0 aromatic heterocycles. The number of halogens is 1. The summed E-state index contributed by atoms with van der Waals surface area (Å²) in [6.07, 6.45) is 0. The smallest absolute Gasteiger partial charge is 0.423 e. The highest BCUT2D eigenvalue weighted by Crippen LogP contribution is 2.22. The Kier molecular flexibility index (Phi) is 3.02. The molecule has 0 bridgehead atoms. The van der Waals surface area contributed by atoms with E-state index in [0.717, 1.165) is 6.07 Å². The average molecular weight is 246 g/mol. The molecule has 5 nitrogen and oxygen atoms in total. The number of rotatable bonds is 2. The van der Waals surface area contributed by atoms with E-state index < -0.39 is 12.0 Å². The second-order valence-corrected chi connectivity index (χ2v) is 3.20. The fourth-order valence-corrected chi connectivity index (χ4v) is 1.22. The van der Waals surface area contributed by atoms with E-state index in [4.69, 9.17) is 10.0 Å². The number of nitro groups is 1. The second kappa shape index (κ2) is 3.86. The van der Waals surface area contributed by atoms with Crippen molar-refractivity contribution in [1.29, 1.82) is 0 Å². The van der Waals surface area contributed by atoms with Crippen molar-refractivity contribution in [2.45, 2.75) is 0 Å². The van der Waals surface area contributed by atoms with Gasteiger partial charge in [-0.3, -0.25) is 10.1 Å². The number of hydrogen-bond acceptors (Lipinski definition) is 4. The molecule has 0 atom stereocenters. The number of hydrogen-bond donors (Lipinski definition) is 2. The Labute approximate surface area is 82.4 Å². The van der Waals surface area contributed by atoms with Crippen LogP contribution in [-0.4, -0.2) is 22.1 Å². The summed E-state index contributed by atoms with van der Waals surface area (Å²) in [5.74, 6) is 0. The van der Waals surface area contributed by atoms with Crippen LogP contribution in [0.15, 0.2) is 22.7 Å². The maximum Gasteiger partial charge on any atom is 0.488 e. The van der Waals surface area contributed by atoms with Gasteiger partial charge >= 0.3 is 7.12 Å². The monoisotopic (exact) mass is 245 g/mol. The minimum Gasteiger partial charge on any atom is -0.423 e. The van der Waals surface area contributed by atoms with Gasteiger partial charge in [-0.25, -0.2) is 0 Å². The zero-order chi connectivity index (χ0) is 10.0. The summed E-state index contributed by atoms with van der Waals surface area (Å²) in [4.78, 5) is 9.81. The van der Waals surface area contributed by atoms with Crippen LogP contribution in [0.5, 0.6) is 0 Å². The number of nitrogens with zero attached hydrogens (tertiary/aromatic N) is 1. The lowest BCUT2D eigenvalue weighted by Crippen LogP contribution is -2.29. The molecule has 0 aliphatic rings. The zero-order valence-electron chi connectivity index (χ0n) is 6.35. The summed E-state index contributed by atoms with van der Waals surface area (Å²) < 4.78 is 0.307. The Hall–Kier alpha value is -0.915. The third-order valence-electron chi connectivity index (χ3n) is 1.47. The van der Waals surface area contributed by atoms with Gasteiger partial charge in [0.25, 0.3) is 5.69 Å². The first-order valence-electron chi connectivity index (χ1n) is 3.32. The van der Waals surface area contributed by atoms with E-state index >= 15 is 0 Å². The first-order valence-corrected chi connectivity index (χ1v) is 4.11. The predicted molar refractivity (Wildman–Crippen MR) is 50.6 cm³/mol. The Morgan fingerprint density at radius 2 is 2.08 bits per heavy atom. The highest BCUT2D eigenvalue weighted by Gasteiger charge is 2.18. The van der Waals surface area contributed by atoms with Gasteiger partial charge in [-0.15, -0.1) is 0 Å². The van der Waals surface area contributed by atoms with E-state index in [9.17, 15) is 10.1 Å². The fraction of sp³-hybridized carbons (Fsp3) is 0. The molecular formula is C6H5BBrNO4. The standard InChI is InChI=1S/C6H5BBrNO4/c8-5-2-1-4(7(10)11)3-6(5)9(12)13/h1-3,10-11H. The maximum absolute atomic E-state index is 10.4. The van der Waals surface area contributed by atoms with E-state index in [1.54, 1.807) is 0 Å². The summed E-state index contributed by atoms with van der Waals surface area (Å²) in [5, 5.41) is 27.9. The normalized spacial score (nSPS) is 9.77. The largest absolute Gasteiger partial charge is 0.488 e. The average Bonchev–Trinajstić information content (AvgIpc) is 2.04. The van der Waals surface area contributed by atoms with Gasteiger partial charge < -0.3 is 10.0 Å². The third-order valence-corrected chi connectivity index (χ3v) is 2.14. The van der Waals surface area contributed by atoms with Gasteiger partial charge in [0.05, 0.1) is 9.40 Å². The Morgan fingerprint density at radius 1 is 1.46 bits per heavy atom. The van der Waals surface area contributed by atoms with Crippen molar-refractivity contribution in [1.82, 2.24) is 0 Å². The van der Waals surface area contributed by atoms with Crippen LogP contribution in [0.4, 0.5) is 5.69 Å². The highest BCUT2D eigenvalue weighted by molar-refractivity contribution is 9.10. The van der Waals surface area contributed by atoms with Crippen molar-refractivity contribution < 1.29 is 15.0 Å².